The van der Waals surface area contributed by atoms with Crippen LogP contribution >= 0.6 is 0 Å². The van der Waals surface area contributed by atoms with Gasteiger partial charge in [0.05, 0.1) is 12.7 Å². The third kappa shape index (κ3) is 2.06. The molecule has 0 spiro atoms. The summed E-state index contributed by atoms with van der Waals surface area (Å²) in [5, 5.41) is 2.96. The van der Waals surface area contributed by atoms with Gasteiger partial charge >= 0.3 is 0 Å². The second-order valence-electron chi connectivity index (χ2n) is 2.56. The van der Waals surface area contributed by atoms with Gasteiger partial charge in [-0.3, -0.25) is 0 Å². The lowest BCUT2D eigenvalue weighted by atomic mass is 10.3. The number of hydrogen-bond donors (Lipinski definition) is 1. The number of ether oxygens (including phenoxy) is 1. The summed E-state index contributed by atoms with van der Waals surface area (Å²) in [6.07, 6.45) is 1.67. The molecule has 4 heteroatoms. The molecule has 0 saturated heterocycles. The lowest BCUT2D eigenvalue weighted by Gasteiger charge is -2.03. The number of rotatable bonds is 4. The minimum absolute atomic E-state index is 0.0249. The molecule has 1 atom stereocenters. The molecule has 0 amide bonds. The van der Waals surface area contributed by atoms with E-state index in [-0.39, 0.29) is 6.10 Å². The van der Waals surface area contributed by atoms with Crippen molar-refractivity contribution >= 4 is 0 Å². The summed E-state index contributed by atoms with van der Waals surface area (Å²) in [6, 6.07) is 0. The van der Waals surface area contributed by atoms with Gasteiger partial charge in [-0.25, -0.2) is 4.98 Å². The molecule has 0 bridgehead atoms. The molecule has 0 aliphatic rings. The van der Waals surface area contributed by atoms with Crippen LogP contribution in [0.25, 0.3) is 0 Å². The Morgan fingerprint density at radius 2 is 2.50 bits per heavy atom. The Kier molecular flexibility index (Phi) is 3.25. The van der Waals surface area contributed by atoms with Gasteiger partial charge in [-0.05, 0) is 14.0 Å². The maximum Gasteiger partial charge on any atom is 0.208 e. The Bertz CT molecular complexity index is 235. The number of nitrogens with zero attached hydrogens (tertiary/aromatic N) is 1. The predicted octanol–water partition coefficient (Wildman–Crippen LogP) is 1.10. The molecule has 1 unspecified atom stereocenters. The lowest BCUT2D eigenvalue weighted by molar-refractivity contribution is 0.0982. The Morgan fingerprint density at radius 3 is 3.08 bits per heavy atom. The first-order chi connectivity index (χ1) is 5.77. The highest BCUT2D eigenvalue weighted by Gasteiger charge is 2.09. The zero-order valence-electron chi connectivity index (χ0n) is 7.63. The molecule has 1 N–H and O–H groups in total. The van der Waals surface area contributed by atoms with E-state index in [9.17, 15) is 0 Å². The normalized spacial score (nSPS) is 13.2. The van der Waals surface area contributed by atoms with Crippen LogP contribution in [0.2, 0.25) is 0 Å². The van der Waals surface area contributed by atoms with Crippen LogP contribution in [0.15, 0.2) is 10.6 Å². The second-order valence-corrected chi connectivity index (χ2v) is 2.56. The lowest BCUT2D eigenvalue weighted by Crippen LogP contribution is -2.04. The molecular formula is C8H14N2O2. The van der Waals surface area contributed by atoms with Crippen LogP contribution in [-0.4, -0.2) is 19.1 Å². The van der Waals surface area contributed by atoms with E-state index in [1.165, 1.54) is 0 Å². The van der Waals surface area contributed by atoms with Crippen molar-refractivity contribution < 1.29 is 9.15 Å². The molecule has 0 aliphatic heterocycles. The molecule has 4 nitrogen and oxygen atoms in total. The third-order valence-electron chi connectivity index (χ3n) is 1.65. The molecule has 12 heavy (non-hydrogen) atoms. The van der Waals surface area contributed by atoms with Gasteiger partial charge in [0.2, 0.25) is 5.89 Å². The zero-order valence-corrected chi connectivity index (χ0v) is 7.63. The van der Waals surface area contributed by atoms with Crippen molar-refractivity contribution in [3.8, 4) is 0 Å². The van der Waals surface area contributed by atoms with Gasteiger partial charge in [0.1, 0.15) is 6.10 Å². The zero-order chi connectivity index (χ0) is 8.97. The summed E-state index contributed by atoms with van der Waals surface area (Å²) in [5.41, 5.74) is 0. The van der Waals surface area contributed by atoms with Gasteiger partial charge in [-0.15, -0.1) is 0 Å². The summed E-state index contributed by atoms with van der Waals surface area (Å²) in [5.74, 6) is 1.46. The largest absolute Gasteiger partial charge is 0.442 e. The van der Waals surface area contributed by atoms with E-state index in [4.69, 9.17) is 9.15 Å². The molecule has 0 fully saturated rings. The van der Waals surface area contributed by atoms with E-state index in [0.717, 1.165) is 5.76 Å². The maximum atomic E-state index is 5.38. The molecule has 0 saturated carbocycles. The van der Waals surface area contributed by atoms with Crippen LogP contribution in [-0.2, 0) is 11.3 Å². The molecule has 0 radical (unpaired) electrons. The number of aromatic nitrogens is 1. The highest BCUT2D eigenvalue weighted by atomic mass is 16.5. The van der Waals surface area contributed by atoms with Crippen molar-refractivity contribution in [2.45, 2.75) is 19.6 Å². The van der Waals surface area contributed by atoms with Crippen molar-refractivity contribution in [1.82, 2.24) is 10.3 Å². The predicted molar refractivity (Wildman–Crippen MR) is 44.7 cm³/mol. The summed E-state index contributed by atoms with van der Waals surface area (Å²) in [4.78, 5) is 4.07. The van der Waals surface area contributed by atoms with Crippen molar-refractivity contribution in [3.05, 3.63) is 17.8 Å². The molecule has 1 aromatic heterocycles. The van der Waals surface area contributed by atoms with Gasteiger partial charge in [0, 0.05) is 7.11 Å². The number of nitrogens with one attached hydrogen (secondary N) is 1. The van der Waals surface area contributed by atoms with Crippen LogP contribution in [0.4, 0.5) is 0 Å². The number of hydrogen-bond acceptors (Lipinski definition) is 4. The van der Waals surface area contributed by atoms with E-state index in [0.29, 0.717) is 12.4 Å². The van der Waals surface area contributed by atoms with E-state index in [1.54, 1.807) is 13.3 Å². The Morgan fingerprint density at radius 1 is 1.75 bits per heavy atom. The topological polar surface area (TPSA) is 47.3 Å². The highest BCUT2D eigenvalue weighted by Crippen LogP contribution is 2.15. The average Bonchev–Trinajstić information content (AvgIpc) is 2.52. The molecule has 68 valence electrons. The van der Waals surface area contributed by atoms with Crippen molar-refractivity contribution in [1.29, 1.82) is 0 Å². The smallest absolute Gasteiger partial charge is 0.208 e. The minimum atomic E-state index is -0.0249. The van der Waals surface area contributed by atoms with Gasteiger partial charge in [0.25, 0.3) is 0 Å². The molecule has 1 rings (SSSR count). The Hall–Kier alpha value is -0.870. The van der Waals surface area contributed by atoms with Crippen molar-refractivity contribution in [3.63, 3.8) is 0 Å². The molecule has 1 aromatic rings. The van der Waals surface area contributed by atoms with Gasteiger partial charge in [0.15, 0.2) is 5.76 Å². The maximum absolute atomic E-state index is 5.38. The van der Waals surface area contributed by atoms with Crippen LogP contribution in [0.3, 0.4) is 0 Å². The fourth-order valence-electron chi connectivity index (χ4n) is 0.861. The van der Waals surface area contributed by atoms with E-state index < -0.39 is 0 Å². The Labute approximate surface area is 71.9 Å². The molecule has 0 aromatic carbocycles. The standard InChI is InChI=1S/C8H14N2O2/c1-6(11-3)7-4-10-8(12-7)5-9-2/h4,6,9H,5H2,1-3H3. The summed E-state index contributed by atoms with van der Waals surface area (Å²) < 4.78 is 10.5. The third-order valence-corrected chi connectivity index (χ3v) is 1.65. The van der Waals surface area contributed by atoms with Gasteiger partial charge in [-0.1, -0.05) is 0 Å². The minimum Gasteiger partial charge on any atom is -0.442 e. The van der Waals surface area contributed by atoms with Gasteiger partial charge in [-0.2, -0.15) is 0 Å². The second kappa shape index (κ2) is 4.23. The van der Waals surface area contributed by atoms with Crippen LogP contribution in [0.5, 0.6) is 0 Å². The molecule has 1 heterocycles. The quantitative estimate of drug-likeness (QED) is 0.735. The van der Waals surface area contributed by atoms with Crippen LogP contribution in [0, 0.1) is 0 Å². The van der Waals surface area contributed by atoms with Crippen LogP contribution in [0.1, 0.15) is 24.7 Å². The fraction of sp³-hybridized carbons (Fsp3) is 0.625. The van der Waals surface area contributed by atoms with Crippen molar-refractivity contribution in [2.75, 3.05) is 14.2 Å². The van der Waals surface area contributed by atoms with Crippen LogP contribution < -0.4 is 5.32 Å². The monoisotopic (exact) mass is 170 g/mol. The SMILES string of the molecule is CNCc1ncc(C(C)OC)o1. The highest BCUT2D eigenvalue weighted by molar-refractivity contribution is 4.97. The summed E-state index contributed by atoms with van der Waals surface area (Å²) in [7, 11) is 3.49. The number of oxazole rings is 1. The average molecular weight is 170 g/mol. The summed E-state index contributed by atoms with van der Waals surface area (Å²) >= 11 is 0. The Balaban J connectivity index is 2.63. The fourth-order valence-corrected chi connectivity index (χ4v) is 0.861. The van der Waals surface area contributed by atoms with E-state index >= 15 is 0 Å². The van der Waals surface area contributed by atoms with E-state index in [2.05, 4.69) is 10.3 Å². The first kappa shape index (κ1) is 9.22. The number of methoxy groups -OCH3 is 1. The van der Waals surface area contributed by atoms with Crippen molar-refractivity contribution in [2.24, 2.45) is 0 Å². The van der Waals surface area contributed by atoms with E-state index in [1.807, 2.05) is 14.0 Å². The molecule has 0 aliphatic carbocycles. The van der Waals surface area contributed by atoms with Gasteiger partial charge < -0.3 is 14.5 Å². The first-order valence-corrected chi connectivity index (χ1v) is 3.90. The summed E-state index contributed by atoms with van der Waals surface area (Å²) in [6.45, 7) is 2.57. The molecular weight excluding hydrogens is 156 g/mol. The first-order valence-electron chi connectivity index (χ1n) is 3.90.